The third-order valence-electron chi connectivity index (χ3n) is 4.19. The van der Waals surface area contributed by atoms with Crippen molar-refractivity contribution in [2.24, 2.45) is 0 Å². The Labute approximate surface area is 136 Å². The fraction of sp³-hybridized carbons (Fsp3) is 0.529. The van der Waals surface area contributed by atoms with Crippen LogP contribution in [-0.4, -0.2) is 33.6 Å². The normalized spacial score (nSPS) is 15.4. The molecule has 1 heterocycles. The predicted octanol–water partition coefficient (Wildman–Crippen LogP) is 2.30. The van der Waals surface area contributed by atoms with Gasteiger partial charge in [-0.3, -0.25) is 0 Å². The molecule has 0 radical (unpaired) electrons. The van der Waals surface area contributed by atoms with Gasteiger partial charge in [-0.25, -0.2) is 9.67 Å². The number of rotatable bonds is 8. The van der Waals surface area contributed by atoms with Crippen molar-refractivity contribution in [2.75, 3.05) is 13.7 Å². The van der Waals surface area contributed by atoms with Gasteiger partial charge in [0.1, 0.15) is 23.9 Å². The number of aryl methyl sites for hydroxylation is 1. The quantitative estimate of drug-likeness (QED) is 0.809. The van der Waals surface area contributed by atoms with Gasteiger partial charge in [-0.1, -0.05) is 13.0 Å². The molecule has 0 aliphatic heterocycles. The molecule has 124 valence electrons. The minimum absolute atomic E-state index is 0.131. The molecule has 1 N–H and O–H groups in total. The Kier molecular flexibility index (Phi) is 4.52. The number of hydrogen-bond donors (Lipinski definition) is 1. The Morgan fingerprint density at radius 1 is 1.30 bits per heavy atom. The molecule has 0 bridgehead atoms. The van der Waals surface area contributed by atoms with Gasteiger partial charge < -0.3 is 14.6 Å². The second-order valence-electron chi connectivity index (χ2n) is 5.98. The molecule has 1 aliphatic carbocycles. The van der Waals surface area contributed by atoms with Crippen LogP contribution >= 0.6 is 0 Å². The summed E-state index contributed by atoms with van der Waals surface area (Å²) in [5, 5.41) is 14.2. The molecule has 6 heteroatoms. The van der Waals surface area contributed by atoms with Gasteiger partial charge in [0.05, 0.1) is 19.1 Å². The Balaban J connectivity index is 1.74. The maximum atomic E-state index is 9.65. The zero-order valence-corrected chi connectivity index (χ0v) is 13.7. The Hall–Kier alpha value is -2.08. The molecule has 23 heavy (non-hydrogen) atoms. The van der Waals surface area contributed by atoms with Crippen molar-refractivity contribution in [3.8, 4) is 11.5 Å². The van der Waals surface area contributed by atoms with E-state index in [1.807, 2.05) is 28.9 Å². The van der Waals surface area contributed by atoms with Gasteiger partial charge in [-0.2, -0.15) is 5.10 Å². The van der Waals surface area contributed by atoms with Crippen molar-refractivity contribution in [1.29, 1.82) is 0 Å². The molecule has 0 atom stereocenters. The van der Waals surface area contributed by atoms with Crippen LogP contribution in [0.15, 0.2) is 24.3 Å². The van der Waals surface area contributed by atoms with Gasteiger partial charge in [0.2, 0.25) is 0 Å². The van der Waals surface area contributed by atoms with Crippen molar-refractivity contribution < 1.29 is 14.6 Å². The van der Waals surface area contributed by atoms with Gasteiger partial charge in [0.25, 0.3) is 0 Å². The van der Waals surface area contributed by atoms with E-state index in [9.17, 15) is 5.11 Å². The van der Waals surface area contributed by atoms with Crippen LogP contribution in [0.3, 0.4) is 0 Å². The first kappa shape index (κ1) is 15.8. The van der Waals surface area contributed by atoms with E-state index in [0.29, 0.717) is 12.4 Å². The highest BCUT2D eigenvalue weighted by Crippen LogP contribution is 2.46. The zero-order chi connectivity index (χ0) is 16.3. The highest BCUT2D eigenvalue weighted by Gasteiger charge is 2.48. The van der Waals surface area contributed by atoms with Gasteiger partial charge in [-0.15, -0.1) is 0 Å². The number of hydrogen-bond acceptors (Lipinski definition) is 5. The molecule has 1 fully saturated rings. The maximum absolute atomic E-state index is 9.65. The molecule has 6 nitrogen and oxygen atoms in total. The number of aliphatic hydroxyl groups is 1. The van der Waals surface area contributed by atoms with Crippen LogP contribution in [0.4, 0.5) is 0 Å². The van der Waals surface area contributed by atoms with Gasteiger partial charge >= 0.3 is 0 Å². The van der Waals surface area contributed by atoms with Crippen LogP contribution < -0.4 is 9.47 Å². The van der Waals surface area contributed by atoms with Crippen molar-refractivity contribution >= 4 is 0 Å². The number of methoxy groups -OCH3 is 1. The van der Waals surface area contributed by atoms with Crippen LogP contribution in [0.1, 0.15) is 37.8 Å². The van der Waals surface area contributed by atoms with Crippen molar-refractivity contribution in [1.82, 2.24) is 14.8 Å². The zero-order valence-electron chi connectivity index (χ0n) is 13.7. The molecule has 0 unspecified atom stereocenters. The third kappa shape index (κ3) is 3.32. The number of nitrogens with zero attached hydrogens (tertiary/aromatic N) is 3. The number of aromatic nitrogens is 3. The SMILES string of the molecule is CCCn1nc(COc2cccc(OC)c2)nc1C1(CO)CC1. The molecule has 1 aliphatic rings. The maximum Gasteiger partial charge on any atom is 0.188 e. The lowest BCUT2D eigenvalue weighted by molar-refractivity contribution is 0.245. The average molecular weight is 317 g/mol. The molecular weight excluding hydrogens is 294 g/mol. The van der Waals surface area contributed by atoms with E-state index in [1.54, 1.807) is 7.11 Å². The summed E-state index contributed by atoms with van der Waals surface area (Å²) in [6.45, 7) is 3.35. The summed E-state index contributed by atoms with van der Waals surface area (Å²) in [5.41, 5.74) is -0.184. The molecule has 1 aromatic heterocycles. The fourth-order valence-electron chi connectivity index (χ4n) is 2.65. The van der Waals surface area contributed by atoms with E-state index >= 15 is 0 Å². The number of ether oxygens (including phenoxy) is 2. The lowest BCUT2D eigenvalue weighted by Crippen LogP contribution is -2.19. The highest BCUT2D eigenvalue weighted by molar-refractivity contribution is 5.32. The van der Waals surface area contributed by atoms with E-state index in [1.165, 1.54) is 0 Å². The Bertz CT molecular complexity index is 665. The standard InChI is InChI=1S/C17H23N3O3/c1-3-9-20-16(17(12-21)7-8-17)18-15(19-20)11-23-14-6-4-5-13(10-14)22-2/h4-6,10,21H,3,7-9,11-12H2,1-2H3. The Morgan fingerprint density at radius 3 is 2.74 bits per heavy atom. The first-order valence-corrected chi connectivity index (χ1v) is 8.02. The summed E-state index contributed by atoms with van der Waals surface area (Å²) >= 11 is 0. The monoisotopic (exact) mass is 317 g/mol. The van der Waals surface area contributed by atoms with Crippen molar-refractivity contribution in [2.45, 2.75) is 44.8 Å². The van der Waals surface area contributed by atoms with E-state index in [4.69, 9.17) is 9.47 Å². The molecule has 0 saturated heterocycles. The second kappa shape index (κ2) is 6.58. The predicted molar refractivity (Wildman–Crippen MR) is 85.6 cm³/mol. The van der Waals surface area contributed by atoms with Crippen LogP contribution in [0.2, 0.25) is 0 Å². The molecule has 3 rings (SSSR count). The van der Waals surface area contributed by atoms with Gasteiger partial charge in [-0.05, 0) is 31.4 Å². The average Bonchev–Trinajstić information content (AvgIpc) is 3.28. The fourth-order valence-corrected chi connectivity index (χ4v) is 2.65. The van der Waals surface area contributed by atoms with E-state index in [2.05, 4.69) is 17.0 Å². The van der Waals surface area contributed by atoms with Crippen molar-refractivity contribution in [3.63, 3.8) is 0 Å². The molecule has 0 amide bonds. The van der Waals surface area contributed by atoms with Crippen LogP contribution in [0, 0.1) is 0 Å². The molecule has 1 aromatic carbocycles. The highest BCUT2D eigenvalue weighted by atomic mass is 16.5. The summed E-state index contributed by atoms with van der Waals surface area (Å²) in [4.78, 5) is 4.63. The number of aliphatic hydroxyl groups excluding tert-OH is 1. The van der Waals surface area contributed by atoms with Gasteiger partial charge in [0, 0.05) is 12.6 Å². The minimum Gasteiger partial charge on any atom is -0.497 e. The van der Waals surface area contributed by atoms with E-state index < -0.39 is 0 Å². The number of benzene rings is 1. The first-order valence-electron chi connectivity index (χ1n) is 8.02. The smallest absolute Gasteiger partial charge is 0.188 e. The first-order chi connectivity index (χ1) is 11.2. The molecular formula is C17H23N3O3. The second-order valence-corrected chi connectivity index (χ2v) is 5.98. The summed E-state index contributed by atoms with van der Waals surface area (Å²) in [6, 6.07) is 7.47. The summed E-state index contributed by atoms with van der Waals surface area (Å²) in [5.74, 6) is 3.02. The third-order valence-corrected chi connectivity index (χ3v) is 4.19. The van der Waals surface area contributed by atoms with Crippen LogP contribution in [0.5, 0.6) is 11.5 Å². The van der Waals surface area contributed by atoms with Crippen molar-refractivity contribution in [3.05, 3.63) is 35.9 Å². The van der Waals surface area contributed by atoms with E-state index in [0.717, 1.165) is 43.1 Å². The van der Waals surface area contributed by atoms with Crippen LogP contribution in [0.25, 0.3) is 0 Å². The topological polar surface area (TPSA) is 69.4 Å². The van der Waals surface area contributed by atoms with Gasteiger partial charge in [0.15, 0.2) is 5.82 Å². The summed E-state index contributed by atoms with van der Waals surface area (Å²) < 4.78 is 12.9. The molecule has 0 spiro atoms. The summed E-state index contributed by atoms with van der Waals surface area (Å²) in [7, 11) is 1.63. The lowest BCUT2D eigenvalue weighted by Gasteiger charge is -2.11. The molecule has 1 saturated carbocycles. The van der Waals surface area contributed by atoms with Crippen LogP contribution in [-0.2, 0) is 18.6 Å². The lowest BCUT2D eigenvalue weighted by atomic mass is 10.1. The Morgan fingerprint density at radius 2 is 2.09 bits per heavy atom. The minimum atomic E-state index is -0.184. The van der Waals surface area contributed by atoms with E-state index in [-0.39, 0.29) is 12.0 Å². The molecule has 2 aromatic rings. The summed E-state index contributed by atoms with van der Waals surface area (Å²) in [6.07, 6.45) is 2.93. The largest absolute Gasteiger partial charge is 0.497 e.